The molecule has 1 N–H and O–H groups in total. The minimum atomic E-state index is -0.461. The number of nitrogens with one attached hydrogen (secondary N) is 1. The van der Waals surface area contributed by atoms with E-state index in [4.69, 9.17) is 4.74 Å². The summed E-state index contributed by atoms with van der Waals surface area (Å²) in [5.74, 6) is 0.561. The maximum absolute atomic E-state index is 12.5. The van der Waals surface area contributed by atoms with Gasteiger partial charge in [-0.15, -0.1) is 0 Å². The molecule has 1 aromatic rings. The lowest BCUT2D eigenvalue weighted by molar-refractivity contribution is 0.00220. The molecule has 0 aromatic carbocycles. The summed E-state index contributed by atoms with van der Waals surface area (Å²) in [6.07, 6.45) is 6.66. The number of nitrogens with zero attached hydrogens (tertiary/aromatic N) is 2. The van der Waals surface area contributed by atoms with Gasteiger partial charge in [-0.25, -0.2) is 4.79 Å². The van der Waals surface area contributed by atoms with Crippen LogP contribution in [-0.2, 0) is 4.74 Å². The second-order valence-corrected chi connectivity index (χ2v) is 6.53. The van der Waals surface area contributed by atoms with Gasteiger partial charge in [0.05, 0.1) is 12.2 Å². The highest BCUT2D eigenvalue weighted by Crippen LogP contribution is 2.35. The zero-order chi connectivity index (χ0) is 14.8. The van der Waals surface area contributed by atoms with Crippen LogP contribution in [0.25, 0.3) is 0 Å². The van der Waals surface area contributed by atoms with Crippen molar-refractivity contribution in [3.8, 4) is 0 Å². The first-order valence-electron chi connectivity index (χ1n) is 7.39. The third-order valence-electron chi connectivity index (χ3n) is 3.79. The van der Waals surface area contributed by atoms with E-state index in [2.05, 4.69) is 17.1 Å². The van der Waals surface area contributed by atoms with Crippen LogP contribution in [0.4, 0.5) is 4.79 Å². The minimum Gasteiger partial charge on any atom is -0.444 e. The second-order valence-electron chi connectivity index (χ2n) is 6.53. The molecule has 5 heteroatoms. The van der Waals surface area contributed by atoms with Gasteiger partial charge in [0.2, 0.25) is 0 Å². The highest BCUT2D eigenvalue weighted by atomic mass is 16.6. The Kier molecular flexibility index (Phi) is 4.35. The van der Waals surface area contributed by atoms with Crippen LogP contribution < -0.4 is 0 Å². The fraction of sp³-hybridized carbons (Fsp3) is 0.733. The Morgan fingerprint density at radius 2 is 2.25 bits per heavy atom. The number of H-pyrrole nitrogens is 1. The number of rotatable bonds is 2. The number of piperidine rings is 1. The molecule has 1 aliphatic rings. The van der Waals surface area contributed by atoms with Crippen molar-refractivity contribution in [1.29, 1.82) is 0 Å². The predicted molar refractivity (Wildman–Crippen MR) is 77.3 cm³/mol. The number of aromatic nitrogens is 2. The number of carbonyl (C=O) groups excluding carboxylic acids is 1. The van der Waals surface area contributed by atoms with Gasteiger partial charge in [-0.2, -0.15) is 5.10 Å². The first kappa shape index (κ1) is 14.9. The lowest BCUT2D eigenvalue weighted by Crippen LogP contribution is -2.44. The van der Waals surface area contributed by atoms with E-state index in [1.165, 1.54) is 0 Å². The van der Waals surface area contributed by atoms with Crippen LogP contribution in [0.5, 0.6) is 0 Å². The van der Waals surface area contributed by atoms with Gasteiger partial charge in [0, 0.05) is 18.3 Å². The molecule has 0 radical (unpaired) electrons. The van der Waals surface area contributed by atoms with Gasteiger partial charge in [-0.3, -0.25) is 5.10 Å². The van der Waals surface area contributed by atoms with Gasteiger partial charge in [0.15, 0.2) is 0 Å². The van der Waals surface area contributed by atoms with Crippen LogP contribution in [0.3, 0.4) is 0 Å². The number of hydrogen-bond donors (Lipinski definition) is 1. The van der Waals surface area contributed by atoms with Crippen molar-refractivity contribution in [2.24, 2.45) is 5.92 Å². The smallest absolute Gasteiger partial charge is 0.410 e. The Morgan fingerprint density at radius 3 is 2.80 bits per heavy atom. The van der Waals surface area contributed by atoms with Crippen LogP contribution in [0.15, 0.2) is 12.4 Å². The van der Waals surface area contributed by atoms with Gasteiger partial charge in [-0.05, 0) is 39.5 Å². The molecule has 1 amide bonds. The SMILES string of the molecule is CC[C@H]1CC[C@H](c2cn[nH]c2)N(C(=O)OC(C)(C)C)C1. The summed E-state index contributed by atoms with van der Waals surface area (Å²) in [6.45, 7) is 8.65. The molecule has 0 unspecified atom stereocenters. The molecule has 0 spiro atoms. The van der Waals surface area contributed by atoms with Crippen molar-refractivity contribution in [2.75, 3.05) is 6.54 Å². The van der Waals surface area contributed by atoms with Crippen molar-refractivity contribution >= 4 is 6.09 Å². The standard InChI is InChI=1S/C15H25N3O2/c1-5-11-6-7-13(12-8-16-17-9-12)18(10-11)14(19)20-15(2,3)4/h8-9,11,13H,5-7,10H2,1-4H3,(H,16,17)/t11-,13+/m0/s1. The summed E-state index contributed by atoms with van der Waals surface area (Å²) < 4.78 is 5.55. The molecule has 1 fully saturated rings. The number of likely N-dealkylation sites (tertiary alicyclic amines) is 1. The van der Waals surface area contributed by atoms with E-state index < -0.39 is 5.60 Å². The summed E-state index contributed by atoms with van der Waals surface area (Å²) in [4.78, 5) is 14.3. The van der Waals surface area contributed by atoms with E-state index in [9.17, 15) is 4.79 Å². The number of aromatic amines is 1. The number of carbonyl (C=O) groups is 1. The van der Waals surface area contributed by atoms with Crippen LogP contribution in [0.2, 0.25) is 0 Å². The second kappa shape index (κ2) is 5.85. The molecule has 0 saturated carbocycles. The summed E-state index contributed by atoms with van der Waals surface area (Å²) in [5, 5.41) is 6.83. The zero-order valence-corrected chi connectivity index (χ0v) is 12.8. The van der Waals surface area contributed by atoms with E-state index in [1.807, 2.05) is 31.9 Å². The molecule has 0 aliphatic carbocycles. The van der Waals surface area contributed by atoms with Crippen molar-refractivity contribution in [1.82, 2.24) is 15.1 Å². The van der Waals surface area contributed by atoms with E-state index in [1.54, 1.807) is 6.20 Å². The average molecular weight is 279 g/mol. The fourth-order valence-electron chi connectivity index (χ4n) is 2.69. The largest absolute Gasteiger partial charge is 0.444 e. The molecule has 0 bridgehead atoms. The van der Waals surface area contributed by atoms with Gasteiger partial charge < -0.3 is 9.64 Å². The van der Waals surface area contributed by atoms with Crippen molar-refractivity contribution in [3.63, 3.8) is 0 Å². The van der Waals surface area contributed by atoms with E-state index in [-0.39, 0.29) is 12.1 Å². The minimum absolute atomic E-state index is 0.0754. The van der Waals surface area contributed by atoms with Gasteiger partial charge in [-0.1, -0.05) is 13.3 Å². The lowest BCUT2D eigenvalue weighted by atomic mass is 9.89. The molecule has 2 atom stereocenters. The van der Waals surface area contributed by atoms with Gasteiger partial charge >= 0.3 is 6.09 Å². The molecular formula is C15H25N3O2. The summed E-state index contributed by atoms with van der Waals surface area (Å²) in [5.41, 5.74) is 0.599. The Hall–Kier alpha value is -1.52. The number of hydrogen-bond acceptors (Lipinski definition) is 3. The number of amides is 1. The quantitative estimate of drug-likeness (QED) is 0.901. The first-order valence-corrected chi connectivity index (χ1v) is 7.39. The molecule has 1 saturated heterocycles. The van der Waals surface area contributed by atoms with Crippen LogP contribution in [0.1, 0.15) is 58.6 Å². The van der Waals surface area contributed by atoms with E-state index in [0.717, 1.165) is 31.4 Å². The normalized spacial score (nSPS) is 23.7. The molecule has 20 heavy (non-hydrogen) atoms. The van der Waals surface area contributed by atoms with Crippen LogP contribution in [-0.4, -0.2) is 33.3 Å². The number of ether oxygens (including phenoxy) is 1. The molecular weight excluding hydrogens is 254 g/mol. The highest BCUT2D eigenvalue weighted by molar-refractivity contribution is 5.69. The molecule has 2 rings (SSSR count). The van der Waals surface area contributed by atoms with Crippen molar-refractivity contribution in [3.05, 3.63) is 18.0 Å². The Balaban J connectivity index is 2.16. The molecule has 1 aromatic heterocycles. The fourth-order valence-corrected chi connectivity index (χ4v) is 2.69. The summed E-state index contributed by atoms with van der Waals surface area (Å²) >= 11 is 0. The predicted octanol–water partition coefficient (Wildman–Crippen LogP) is 3.51. The maximum atomic E-state index is 12.5. The zero-order valence-electron chi connectivity index (χ0n) is 12.8. The Bertz CT molecular complexity index is 436. The third-order valence-corrected chi connectivity index (χ3v) is 3.79. The molecule has 5 nitrogen and oxygen atoms in total. The van der Waals surface area contributed by atoms with Crippen molar-refractivity contribution in [2.45, 2.75) is 58.6 Å². The Morgan fingerprint density at radius 1 is 1.50 bits per heavy atom. The monoisotopic (exact) mass is 279 g/mol. The van der Waals surface area contributed by atoms with Crippen molar-refractivity contribution < 1.29 is 9.53 Å². The van der Waals surface area contributed by atoms with E-state index in [0.29, 0.717) is 5.92 Å². The summed E-state index contributed by atoms with van der Waals surface area (Å²) in [7, 11) is 0. The maximum Gasteiger partial charge on any atom is 0.410 e. The van der Waals surface area contributed by atoms with E-state index >= 15 is 0 Å². The van der Waals surface area contributed by atoms with Crippen LogP contribution >= 0.6 is 0 Å². The third kappa shape index (κ3) is 3.52. The van der Waals surface area contributed by atoms with Gasteiger partial charge in [0.25, 0.3) is 0 Å². The summed E-state index contributed by atoms with van der Waals surface area (Å²) in [6, 6.07) is 0.0754. The van der Waals surface area contributed by atoms with Gasteiger partial charge in [0.1, 0.15) is 5.60 Å². The highest BCUT2D eigenvalue weighted by Gasteiger charge is 2.34. The molecule has 112 valence electrons. The topological polar surface area (TPSA) is 58.2 Å². The molecule has 1 aliphatic heterocycles. The lowest BCUT2D eigenvalue weighted by Gasteiger charge is -2.39. The first-order chi connectivity index (χ1) is 9.40. The Labute approximate surface area is 120 Å². The van der Waals surface area contributed by atoms with Crippen LogP contribution in [0, 0.1) is 5.92 Å². The molecule has 2 heterocycles. The average Bonchev–Trinajstić information content (AvgIpc) is 2.89.